The predicted octanol–water partition coefficient (Wildman–Crippen LogP) is 4.90. The number of anilines is 1. The number of para-hydroxylation sites is 2. The highest BCUT2D eigenvalue weighted by molar-refractivity contribution is 14.1. The number of amides is 1. The summed E-state index contributed by atoms with van der Waals surface area (Å²) in [5.41, 5.74) is 4.16. The Morgan fingerprint density at radius 2 is 1.69 bits per heavy atom. The molecule has 4 rings (SSSR count). The van der Waals surface area contributed by atoms with Crippen LogP contribution in [0.5, 0.6) is 11.5 Å². The van der Waals surface area contributed by atoms with E-state index < -0.39 is 0 Å². The Bertz CT molecular complexity index is 1190. The van der Waals surface area contributed by atoms with E-state index in [0.29, 0.717) is 22.7 Å². The van der Waals surface area contributed by atoms with Crippen LogP contribution in [0.4, 0.5) is 5.69 Å². The number of aromatic nitrogens is 2. The van der Waals surface area contributed by atoms with Crippen LogP contribution >= 0.6 is 22.6 Å². The number of halogens is 1. The Kier molecular flexibility index (Phi) is 5.39. The Hall–Kier alpha value is -3.07. The molecule has 0 spiro atoms. The molecule has 0 saturated heterocycles. The molecule has 0 saturated carbocycles. The second-order valence-corrected chi connectivity index (χ2v) is 7.45. The van der Waals surface area contributed by atoms with Crippen LogP contribution in [-0.2, 0) is 0 Å². The van der Waals surface area contributed by atoms with Gasteiger partial charge in [0.2, 0.25) is 0 Å². The number of rotatable bonds is 5. The molecule has 0 unspecified atom stereocenters. The van der Waals surface area contributed by atoms with Crippen molar-refractivity contribution in [1.29, 1.82) is 0 Å². The fraction of sp³-hybridized carbons (Fsp3) is 0.0909. The summed E-state index contributed by atoms with van der Waals surface area (Å²) in [6.45, 7) is 0. The third kappa shape index (κ3) is 3.77. The van der Waals surface area contributed by atoms with Crippen LogP contribution < -0.4 is 14.8 Å². The monoisotopic (exact) mass is 499 g/mol. The number of ether oxygens (including phenoxy) is 2. The molecule has 3 aromatic carbocycles. The van der Waals surface area contributed by atoms with Crippen molar-refractivity contribution in [2.24, 2.45) is 0 Å². The van der Waals surface area contributed by atoms with Gasteiger partial charge in [0.15, 0.2) is 11.5 Å². The average molecular weight is 499 g/mol. The molecule has 1 N–H and O–H groups in total. The van der Waals surface area contributed by atoms with Crippen LogP contribution in [0.1, 0.15) is 10.4 Å². The first-order valence-corrected chi connectivity index (χ1v) is 9.94. The van der Waals surface area contributed by atoms with Gasteiger partial charge in [-0.05, 0) is 71.1 Å². The predicted molar refractivity (Wildman–Crippen MR) is 121 cm³/mol. The minimum atomic E-state index is -0.212. The molecule has 1 amide bonds. The van der Waals surface area contributed by atoms with Gasteiger partial charge in [0, 0.05) is 14.9 Å². The van der Waals surface area contributed by atoms with Crippen LogP contribution in [0.2, 0.25) is 0 Å². The van der Waals surface area contributed by atoms with Gasteiger partial charge in [0.25, 0.3) is 5.91 Å². The molecule has 6 nitrogen and oxygen atoms in total. The van der Waals surface area contributed by atoms with Gasteiger partial charge in [-0.1, -0.05) is 12.1 Å². The number of carbonyl (C=O) groups is 1. The minimum Gasteiger partial charge on any atom is -0.493 e. The number of methoxy groups -OCH3 is 2. The fourth-order valence-corrected chi connectivity index (χ4v) is 3.78. The summed E-state index contributed by atoms with van der Waals surface area (Å²) in [4.78, 5) is 17.2. The average Bonchev–Trinajstić information content (AvgIpc) is 3.18. The van der Waals surface area contributed by atoms with Crippen molar-refractivity contribution in [3.8, 4) is 17.2 Å². The lowest BCUT2D eigenvalue weighted by Gasteiger charge is -2.12. The topological polar surface area (TPSA) is 65.4 Å². The maximum atomic E-state index is 12.8. The molecule has 0 bridgehead atoms. The quantitative estimate of drug-likeness (QED) is 0.397. The van der Waals surface area contributed by atoms with Crippen LogP contribution in [0.15, 0.2) is 67.0 Å². The highest BCUT2D eigenvalue weighted by Crippen LogP contribution is 2.31. The SMILES string of the molecule is COc1cc(I)c(C(=O)Nc2ccc(-n3cnc4ccccc43)cc2)cc1OC. The van der Waals surface area contributed by atoms with Gasteiger partial charge in [-0.2, -0.15) is 0 Å². The standard InChI is InChI=1S/C22H18IN3O3/c1-28-20-11-16(17(23)12-21(20)29-2)22(27)25-14-7-9-15(10-8-14)26-13-24-18-5-3-4-6-19(18)26/h3-13H,1-2H3,(H,25,27). The third-order valence-corrected chi connectivity index (χ3v) is 5.47. The molecular formula is C22H18IN3O3. The number of hydrogen-bond donors (Lipinski definition) is 1. The summed E-state index contributed by atoms with van der Waals surface area (Å²) in [6.07, 6.45) is 1.80. The Balaban J connectivity index is 1.57. The second kappa shape index (κ2) is 8.12. The summed E-state index contributed by atoms with van der Waals surface area (Å²) >= 11 is 2.11. The van der Waals surface area contributed by atoms with E-state index in [-0.39, 0.29) is 5.91 Å². The lowest BCUT2D eigenvalue weighted by molar-refractivity contribution is 0.102. The Morgan fingerprint density at radius 1 is 1.00 bits per heavy atom. The molecule has 0 aliphatic rings. The van der Waals surface area contributed by atoms with E-state index in [1.807, 2.05) is 53.1 Å². The summed E-state index contributed by atoms with van der Waals surface area (Å²) in [5, 5.41) is 2.93. The first kappa shape index (κ1) is 19.3. The van der Waals surface area contributed by atoms with E-state index in [0.717, 1.165) is 20.3 Å². The maximum absolute atomic E-state index is 12.8. The summed E-state index contributed by atoms with van der Waals surface area (Å²) < 4.78 is 13.4. The first-order valence-electron chi connectivity index (χ1n) is 8.86. The van der Waals surface area contributed by atoms with E-state index >= 15 is 0 Å². The van der Waals surface area contributed by atoms with Crippen molar-refractivity contribution in [2.45, 2.75) is 0 Å². The van der Waals surface area contributed by atoms with Crippen LogP contribution in [0.3, 0.4) is 0 Å². The summed E-state index contributed by atoms with van der Waals surface area (Å²) in [6, 6.07) is 19.1. The number of hydrogen-bond acceptors (Lipinski definition) is 4. The van der Waals surface area contributed by atoms with E-state index in [1.54, 1.807) is 32.7 Å². The number of nitrogens with one attached hydrogen (secondary N) is 1. The zero-order valence-corrected chi connectivity index (χ0v) is 18.0. The second-order valence-electron chi connectivity index (χ2n) is 6.29. The third-order valence-electron chi connectivity index (χ3n) is 4.57. The molecule has 0 fully saturated rings. The van der Waals surface area contributed by atoms with E-state index in [4.69, 9.17) is 9.47 Å². The van der Waals surface area contributed by atoms with Gasteiger partial charge in [-0.3, -0.25) is 9.36 Å². The molecule has 0 aliphatic carbocycles. The molecule has 0 aliphatic heterocycles. The van der Waals surface area contributed by atoms with Gasteiger partial charge in [-0.25, -0.2) is 4.98 Å². The molecule has 146 valence electrons. The van der Waals surface area contributed by atoms with Gasteiger partial charge in [0.05, 0.1) is 30.8 Å². The van der Waals surface area contributed by atoms with Gasteiger partial charge in [0.1, 0.15) is 6.33 Å². The molecule has 7 heteroatoms. The number of imidazole rings is 1. The van der Waals surface area contributed by atoms with Gasteiger partial charge >= 0.3 is 0 Å². The minimum absolute atomic E-state index is 0.212. The number of carbonyl (C=O) groups excluding carboxylic acids is 1. The molecule has 1 aromatic heterocycles. The highest BCUT2D eigenvalue weighted by atomic mass is 127. The fourth-order valence-electron chi connectivity index (χ4n) is 3.10. The van der Waals surface area contributed by atoms with Crippen molar-refractivity contribution in [3.05, 3.63) is 76.1 Å². The number of benzene rings is 3. The zero-order chi connectivity index (χ0) is 20.4. The molecule has 0 atom stereocenters. The Labute approximate surface area is 181 Å². The van der Waals surface area contributed by atoms with Gasteiger partial charge < -0.3 is 14.8 Å². The van der Waals surface area contributed by atoms with Crippen molar-refractivity contribution in [3.63, 3.8) is 0 Å². The lowest BCUT2D eigenvalue weighted by Crippen LogP contribution is -2.14. The first-order chi connectivity index (χ1) is 14.1. The van der Waals surface area contributed by atoms with E-state index in [2.05, 4.69) is 32.9 Å². The lowest BCUT2D eigenvalue weighted by atomic mass is 10.1. The smallest absolute Gasteiger partial charge is 0.256 e. The Morgan fingerprint density at radius 3 is 2.41 bits per heavy atom. The van der Waals surface area contributed by atoms with Crippen molar-refractivity contribution < 1.29 is 14.3 Å². The summed E-state index contributed by atoms with van der Waals surface area (Å²) in [7, 11) is 3.11. The number of fused-ring (bicyclic) bond motifs is 1. The largest absolute Gasteiger partial charge is 0.493 e. The highest BCUT2D eigenvalue weighted by Gasteiger charge is 2.16. The van der Waals surface area contributed by atoms with Crippen molar-refractivity contribution >= 4 is 45.2 Å². The molecule has 4 aromatic rings. The van der Waals surface area contributed by atoms with Gasteiger partial charge in [-0.15, -0.1) is 0 Å². The maximum Gasteiger partial charge on any atom is 0.256 e. The van der Waals surface area contributed by atoms with E-state index in [9.17, 15) is 4.79 Å². The van der Waals surface area contributed by atoms with Crippen LogP contribution in [0, 0.1) is 3.57 Å². The molecular weight excluding hydrogens is 481 g/mol. The van der Waals surface area contributed by atoms with Crippen LogP contribution in [-0.4, -0.2) is 29.7 Å². The summed E-state index contributed by atoms with van der Waals surface area (Å²) in [5.74, 6) is 0.891. The number of nitrogens with zero attached hydrogens (tertiary/aromatic N) is 2. The molecule has 0 radical (unpaired) electrons. The molecule has 29 heavy (non-hydrogen) atoms. The zero-order valence-electron chi connectivity index (χ0n) is 15.8. The van der Waals surface area contributed by atoms with Crippen molar-refractivity contribution in [2.75, 3.05) is 19.5 Å². The van der Waals surface area contributed by atoms with E-state index in [1.165, 1.54) is 0 Å². The normalized spacial score (nSPS) is 10.7. The molecule has 1 heterocycles. The van der Waals surface area contributed by atoms with Crippen LogP contribution in [0.25, 0.3) is 16.7 Å². The van der Waals surface area contributed by atoms with Crippen molar-refractivity contribution in [1.82, 2.24) is 9.55 Å².